The van der Waals surface area contributed by atoms with Gasteiger partial charge in [0, 0.05) is 24.5 Å². The lowest BCUT2D eigenvalue weighted by atomic mass is 9.96. The Morgan fingerprint density at radius 1 is 1.03 bits per heavy atom. The van der Waals surface area contributed by atoms with Gasteiger partial charge in [0.15, 0.2) is 0 Å². The predicted molar refractivity (Wildman–Crippen MR) is 102 cm³/mol. The van der Waals surface area contributed by atoms with Crippen LogP contribution in [0.3, 0.4) is 0 Å². The Morgan fingerprint density at radius 3 is 2.66 bits per heavy atom. The van der Waals surface area contributed by atoms with E-state index in [1.807, 2.05) is 12.1 Å². The molecule has 0 saturated heterocycles. The highest BCUT2D eigenvalue weighted by Gasteiger charge is 2.35. The Hall–Kier alpha value is -3.22. The first-order valence-corrected chi connectivity index (χ1v) is 9.05. The normalized spacial score (nSPS) is 16.1. The maximum atomic E-state index is 14.4. The van der Waals surface area contributed by atoms with Crippen molar-refractivity contribution in [2.24, 2.45) is 4.99 Å². The highest BCUT2D eigenvalue weighted by molar-refractivity contribution is 6.15. The molecule has 1 aliphatic rings. The minimum absolute atomic E-state index is 0.0381. The zero-order valence-electron chi connectivity index (χ0n) is 15.2. The summed E-state index contributed by atoms with van der Waals surface area (Å²) >= 11 is 0. The number of aromatic nitrogens is 1. The van der Waals surface area contributed by atoms with Crippen molar-refractivity contribution in [3.63, 3.8) is 0 Å². The molecule has 0 atom stereocenters. The molecule has 2 aromatic heterocycles. The molecular weight excluding hydrogens is 384 g/mol. The molecule has 0 radical (unpaired) electrons. The molecule has 0 saturated carbocycles. The number of hydrogen-bond acceptors (Lipinski definition) is 3. The second kappa shape index (κ2) is 7.66. The topological polar surface area (TPSA) is 38.4 Å². The fraction of sp³-hybridized carbons (Fsp3) is 0.182. The Kier molecular flexibility index (Phi) is 5.05. The summed E-state index contributed by atoms with van der Waals surface area (Å²) in [6.45, 7) is 0.709. The number of halogens is 4. The second-order valence-corrected chi connectivity index (χ2v) is 6.61. The van der Waals surface area contributed by atoms with E-state index in [0.717, 1.165) is 35.8 Å². The van der Waals surface area contributed by atoms with E-state index in [1.165, 1.54) is 12.1 Å². The first-order chi connectivity index (χ1) is 13.9. The highest BCUT2D eigenvalue weighted by atomic mass is 19.4. The molecule has 4 rings (SSSR count). The van der Waals surface area contributed by atoms with Gasteiger partial charge in [0.05, 0.1) is 16.8 Å². The standard InChI is InChI=1S/C22H16F4N2O/c23-20-17(6-1-7-18(20)22(24,25)26)19-9-8-16(29-19)12-14-4-3-11-28-21(14)15-5-2-10-27-13-15/h1-2,5-10,12-13H,3-4,11H2/b14-12+. The zero-order chi connectivity index (χ0) is 20.4. The van der Waals surface area contributed by atoms with E-state index in [0.29, 0.717) is 18.4 Å². The van der Waals surface area contributed by atoms with Crippen molar-refractivity contribution in [2.45, 2.75) is 19.0 Å². The van der Waals surface area contributed by atoms with Crippen LogP contribution in [0.4, 0.5) is 17.6 Å². The molecule has 1 aromatic carbocycles. The molecule has 1 aliphatic heterocycles. The van der Waals surface area contributed by atoms with Gasteiger partial charge >= 0.3 is 6.18 Å². The molecule has 0 N–H and O–H groups in total. The van der Waals surface area contributed by atoms with Gasteiger partial charge < -0.3 is 4.42 Å². The molecular formula is C22H16F4N2O. The quantitative estimate of drug-likeness (QED) is 0.494. The van der Waals surface area contributed by atoms with E-state index in [1.54, 1.807) is 24.5 Å². The van der Waals surface area contributed by atoms with Crippen molar-refractivity contribution in [1.82, 2.24) is 4.98 Å². The maximum absolute atomic E-state index is 14.4. The number of furan rings is 1. The molecule has 148 valence electrons. The monoisotopic (exact) mass is 400 g/mol. The molecule has 0 unspecified atom stereocenters. The summed E-state index contributed by atoms with van der Waals surface area (Å²) in [6.07, 6.45) is 2.09. The molecule has 0 fully saturated rings. The van der Waals surface area contributed by atoms with Crippen LogP contribution in [0.2, 0.25) is 0 Å². The molecule has 3 heterocycles. The van der Waals surface area contributed by atoms with Crippen molar-refractivity contribution in [2.75, 3.05) is 6.54 Å². The molecule has 0 amide bonds. The highest BCUT2D eigenvalue weighted by Crippen LogP contribution is 2.36. The second-order valence-electron chi connectivity index (χ2n) is 6.61. The van der Waals surface area contributed by atoms with Crippen LogP contribution in [0, 0.1) is 5.82 Å². The van der Waals surface area contributed by atoms with Gasteiger partial charge in [0.25, 0.3) is 0 Å². The fourth-order valence-electron chi connectivity index (χ4n) is 3.29. The molecule has 3 aromatic rings. The third-order valence-electron chi connectivity index (χ3n) is 4.63. The van der Waals surface area contributed by atoms with Crippen molar-refractivity contribution in [3.05, 3.63) is 83.1 Å². The third-order valence-corrected chi connectivity index (χ3v) is 4.63. The summed E-state index contributed by atoms with van der Waals surface area (Å²) in [5.74, 6) is -0.884. The number of aliphatic imine (C=N–C) groups is 1. The average molecular weight is 400 g/mol. The zero-order valence-corrected chi connectivity index (χ0v) is 15.2. The van der Waals surface area contributed by atoms with Crippen molar-refractivity contribution < 1.29 is 22.0 Å². The van der Waals surface area contributed by atoms with Gasteiger partial charge in [-0.1, -0.05) is 6.07 Å². The van der Waals surface area contributed by atoms with Crippen LogP contribution >= 0.6 is 0 Å². The van der Waals surface area contributed by atoms with Crippen molar-refractivity contribution >= 4 is 11.8 Å². The van der Waals surface area contributed by atoms with Crippen LogP contribution in [0.1, 0.15) is 29.7 Å². The Balaban J connectivity index is 1.68. The van der Waals surface area contributed by atoms with E-state index >= 15 is 0 Å². The number of pyridine rings is 1. The number of hydrogen-bond donors (Lipinski definition) is 0. The van der Waals surface area contributed by atoms with Crippen LogP contribution in [-0.2, 0) is 6.18 Å². The van der Waals surface area contributed by atoms with Crippen LogP contribution in [0.5, 0.6) is 0 Å². The summed E-state index contributed by atoms with van der Waals surface area (Å²) in [6, 6.07) is 9.96. The molecule has 0 aliphatic carbocycles. The average Bonchev–Trinajstić information content (AvgIpc) is 3.16. The fourth-order valence-corrected chi connectivity index (χ4v) is 3.29. The summed E-state index contributed by atoms with van der Waals surface area (Å²) < 4.78 is 58.9. The van der Waals surface area contributed by atoms with Gasteiger partial charge in [-0.2, -0.15) is 13.2 Å². The lowest BCUT2D eigenvalue weighted by Crippen LogP contribution is -2.11. The summed E-state index contributed by atoms with van der Waals surface area (Å²) in [5.41, 5.74) is 1.09. The molecule has 0 spiro atoms. The molecule has 29 heavy (non-hydrogen) atoms. The number of allylic oxidation sites excluding steroid dienone is 1. The van der Waals surface area contributed by atoms with Crippen LogP contribution in [-0.4, -0.2) is 17.2 Å². The first kappa shape index (κ1) is 19.1. The van der Waals surface area contributed by atoms with Crippen LogP contribution in [0.25, 0.3) is 17.4 Å². The van der Waals surface area contributed by atoms with Crippen LogP contribution < -0.4 is 0 Å². The van der Waals surface area contributed by atoms with Crippen LogP contribution in [0.15, 0.2) is 69.8 Å². The smallest absolute Gasteiger partial charge is 0.419 e. The van der Waals surface area contributed by atoms with E-state index in [-0.39, 0.29) is 11.3 Å². The first-order valence-electron chi connectivity index (χ1n) is 9.05. The number of benzene rings is 1. The Labute approximate surface area is 164 Å². The number of rotatable bonds is 3. The van der Waals surface area contributed by atoms with Gasteiger partial charge in [-0.25, -0.2) is 4.39 Å². The SMILES string of the molecule is Fc1c(-c2ccc(/C=C3\CCCN=C3c3cccnc3)o2)cccc1C(F)(F)F. The van der Waals surface area contributed by atoms with Gasteiger partial charge in [-0.05, 0) is 60.9 Å². The van der Waals surface area contributed by atoms with E-state index in [9.17, 15) is 17.6 Å². The van der Waals surface area contributed by atoms with Crippen molar-refractivity contribution in [1.29, 1.82) is 0 Å². The molecule has 0 bridgehead atoms. The Morgan fingerprint density at radius 2 is 1.90 bits per heavy atom. The minimum Gasteiger partial charge on any atom is -0.457 e. The minimum atomic E-state index is -4.77. The summed E-state index contributed by atoms with van der Waals surface area (Å²) in [7, 11) is 0. The largest absolute Gasteiger partial charge is 0.457 e. The number of alkyl halides is 3. The molecule has 3 nitrogen and oxygen atoms in total. The Bertz CT molecular complexity index is 1080. The molecule has 7 heteroatoms. The van der Waals surface area contributed by atoms with Gasteiger partial charge in [0.1, 0.15) is 17.3 Å². The van der Waals surface area contributed by atoms with E-state index in [4.69, 9.17) is 4.42 Å². The predicted octanol–water partition coefficient (Wildman–Crippen LogP) is 6.17. The third kappa shape index (κ3) is 3.99. The van der Waals surface area contributed by atoms with Gasteiger partial charge in [0.2, 0.25) is 0 Å². The lowest BCUT2D eigenvalue weighted by molar-refractivity contribution is -0.139. The van der Waals surface area contributed by atoms with E-state index < -0.39 is 17.6 Å². The van der Waals surface area contributed by atoms with Gasteiger partial charge in [-0.15, -0.1) is 0 Å². The van der Waals surface area contributed by atoms with Gasteiger partial charge in [-0.3, -0.25) is 9.98 Å². The lowest BCUT2D eigenvalue weighted by Gasteiger charge is -2.15. The summed E-state index contributed by atoms with van der Waals surface area (Å²) in [4.78, 5) is 8.69. The maximum Gasteiger partial charge on any atom is 0.419 e. The van der Waals surface area contributed by atoms with Crippen molar-refractivity contribution in [3.8, 4) is 11.3 Å². The van der Waals surface area contributed by atoms with E-state index in [2.05, 4.69) is 9.98 Å². The summed E-state index contributed by atoms with van der Waals surface area (Å²) in [5, 5.41) is 0. The number of nitrogens with zero attached hydrogens (tertiary/aromatic N) is 2.